The summed E-state index contributed by atoms with van der Waals surface area (Å²) in [7, 11) is 0. The van der Waals surface area contributed by atoms with Crippen molar-refractivity contribution in [3.63, 3.8) is 0 Å². The Morgan fingerprint density at radius 1 is 1.41 bits per heavy atom. The summed E-state index contributed by atoms with van der Waals surface area (Å²) in [6.45, 7) is 1.94. The number of ether oxygens (including phenoxy) is 2. The molecule has 1 unspecified atom stereocenters. The van der Waals surface area contributed by atoms with E-state index in [1.807, 2.05) is 6.07 Å². The highest BCUT2D eigenvalue weighted by Gasteiger charge is 2.33. The van der Waals surface area contributed by atoms with Crippen LogP contribution in [0.25, 0.3) is 0 Å². The van der Waals surface area contributed by atoms with Crippen LogP contribution in [-0.2, 0) is 4.79 Å². The van der Waals surface area contributed by atoms with Crippen molar-refractivity contribution in [2.24, 2.45) is 5.73 Å². The van der Waals surface area contributed by atoms with Gasteiger partial charge in [-0.25, -0.2) is 0 Å². The van der Waals surface area contributed by atoms with Gasteiger partial charge in [0.2, 0.25) is 18.6 Å². The number of hydrogen-bond acceptors (Lipinski definition) is 7. The Labute approximate surface area is 124 Å². The molecular weight excluding hydrogens is 288 g/mol. The van der Waals surface area contributed by atoms with Crippen molar-refractivity contribution in [1.82, 2.24) is 20.2 Å². The van der Waals surface area contributed by atoms with Gasteiger partial charge in [0.05, 0.1) is 5.57 Å². The summed E-state index contributed by atoms with van der Waals surface area (Å²) in [5.41, 5.74) is 7.36. The lowest BCUT2D eigenvalue weighted by molar-refractivity contribution is -0.115. The second-order valence-electron chi connectivity index (χ2n) is 4.99. The second-order valence-corrected chi connectivity index (χ2v) is 4.99. The Bertz CT molecular complexity index is 812. The van der Waals surface area contributed by atoms with E-state index in [2.05, 4.69) is 20.8 Å². The third-order valence-electron chi connectivity index (χ3n) is 3.69. The van der Waals surface area contributed by atoms with E-state index < -0.39 is 11.9 Å². The number of carbonyl (C=O) groups excluding carboxylic acids is 1. The average Bonchev–Trinajstić information content (AvgIpc) is 3.12. The smallest absolute Gasteiger partial charge is 0.248 e. The number of tetrazole rings is 1. The molecule has 3 heterocycles. The minimum Gasteiger partial charge on any atom is -0.454 e. The maximum atomic E-state index is 11.9. The van der Waals surface area contributed by atoms with Gasteiger partial charge in [-0.15, -0.1) is 0 Å². The molecule has 2 aromatic rings. The molecule has 2 aliphatic heterocycles. The largest absolute Gasteiger partial charge is 0.454 e. The number of nitrogens with one attached hydrogen (secondary N) is 1. The van der Waals surface area contributed by atoms with E-state index in [9.17, 15) is 4.79 Å². The topological polar surface area (TPSA) is 117 Å². The summed E-state index contributed by atoms with van der Waals surface area (Å²) in [6.07, 6.45) is 0. The van der Waals surface area contributed by atoms with Crippen LogP contribution in [0.2, 0.25) is 0 Å². The third-order valence-corrected chi connectivity index (χ3v) is 3.69. The number of rotatable bonds is 2. The van der Waals surface area contributed by atoms with Crippen molar-refractivity contribution < 1.29 is 14.3 Å². The Morgan fingerprint density at radius 3 is 3.05 bits per heavy atom. The van der Waals surface area contributed by atoms with Crippen LogP contribution in [0.5, 0.6) is 11.5 Å². The van der Waals surface area contributed by atoms with E-state index in [0.717, 1.165) is 5.56 Å². The van der Waals surface area contributed by atoms with Gasteiger partial charge in [0.1, 0.15) is 6.04 Å². The van der Waals surface area contributed by atoms with Crippen molar-refractivity contribution in [1.29, 1.82) is 0 Å². The van der Waals surface area contributed by atoms with Gasteiger partial charge >= 0.3 is 0 Å². The predicted molar refractivity (Wildman–Crippen MR) is 74.0 cm³/mol. The van der Waals surface area contributed by atoms with Gasteiger partial charge in [0.15, 0.2) is 11.5 Å². The number of fused-ring (bicyclic) bond motifs is 2. The molecule has 0 radical (unpaired) electrons. The molecule has 0 saturated heterocycles. The van der Waals surface area contributed by atoms with Crippen LogP contribution in [0.1, 0.15) is 18.5 Å². The molecule has 0 fully saturated rings. The van der Waals surface area contributed by atoms with Crippen LogP contribution in [-0.4, -0.2) is 32.9 Å². The fourth-order valence-electron chi connectivity index (χ4n) is 2.72. The molecule has 4 rings (SSSR count). The van der Waals surface area contributed by atoms with Gasteiger partial charge in [-0.1, -0.05) is 11.2 Å². The number of amides is 1. The molecule has 2 aliphatic rings. The number of aromatic nitrogens is 4. The van der Waals surface area contributed by atoms with Gasteiger partial charge < -0.3 is 20.5 Å². The van der Waals surface area contributed by atoms with E-state index in [1.165, 1.54) is 4.68 Å². The SMILES string of the molecule is CC1=C(C(N)=O)C(c2ccc3c(c2)OCO3)n2nnnc2N1. The van der Waals surface area contributed by atoms with Crippen molar-refractivity contribution in [3.8, 4) is 11.5 Å². The summed E-state index contributed by atoms with van der Waals surface area (Å²) in [5.74, 6) is 1.20. The van der Waals surface area contributed by atoms with E-state index in [4.69, 9.17) is 15.2 Å². The molecule has 9 heteroatoms. The fourth-order valence-corrected chi connectivity index (χ4v) is 2.72. The molecule has 22 heavy (non-hydrogen) atoms. The highest BCUT2D eigenvalue weighted by atomic mass is 16.7. The summed E-state index contributed by atoms with van der Waals surface area (Å²) in [4.78, 5) is 11.9. The Morgan fingerprint density at radius 2 is 2.23 bits per heavy atom. The van der Waals surface area contributed by atoms with E-state index in [0.29, 0.717) is 28.7 Å². The minimum atomic E-state index is -0.534. The van der Waals surface area contributed by atoms with Crippen LogP contribution in [0, 0.1) is 0 Å². The third kappa shape index (κ3) is 1.72. The lowest BCUT2D eigenvalue weighted by Gasteiger charge is -2.26. The van der Waals surface area contributed by atoms with E-state index in [1.54, 1.807) is 19.1 Å². The zero-order chi connectivity index (χ0) is 15.3. The second kappa shape index (κ2) is 4.45. The van der Waals surface area contributed by atoms with Gasteiger partial charge in [-0.05, 0) is 35.0 Å². The molecule has 0 saturated carbocycles. The Kier molecular flexibility index (Phi) is 2.55. The molecule has 0 bridgehead atoms. The van der Waals surface area contributed by atoms with Gasteiger partial charge in [-0.3, -0.25) is 4.79 Å². The standard InChI is InChI=1S/C13H12N6O3/c1-6-10(12(14)20)11(19-13(15-6)16-17-18-19)7-2-3-8-9(4-7)22-5-21-8/h2-4,11H,5H2,1H3,(H2,14,20)(H,15,16,18). The summed E-state index contributed by atoms with van der Waals surface area (Å²) < 4.78 is 12.2. The molecule has 0 spiro atoms. The zero-order valence-electron chi connectivity index (χ0n) is 11.6. The average molecular weight is 300 g/mol. The quantitative estimate of drug-likeness (QED) is 0.812. The highest BCUT2D eigenvalue weighted by Crippen LogP contribution is 2.39. The minimum absolute atomic E-state index is 0.179. The van der Waals surface area contributed by atoms with Crippen LogP contribution in [0.15, 0.2) is 29.5 Å². The maximum Gasteiger partial charge on any atom is 0.248 e. The highest BCUT2D eigenvalue weighted by molar-refractivity contribution is 5.95. The monoisotopic (exact) mass is 300 g/mol. The first-order valence-electron chi connectivity index (χ1n) is 6.60. The number of nitrogens with two attached hydrogens (primary N) is 1. The first kappa shape index (κ1) is 12.6. The van der Waals surface area contributed by atoms with Gasteiger partial charge in [0.25, 0.3) is 0 Å². The summed E-state index contributed by atoms with van der Waals surface area (Å²) in [5, 5.41) is 14.5. The van der Waals surface area contributed by atoms with Crippen molar-refractivity contribution >= 4 is 11.9 Å². The van der Waals surface area contributed by atoms with Crippen molar-refractivity contribution in [2.45, 2.75) is 13.0 Å². The first-order chi connectivity index (χ1) is 10.6. The molecule has 9 nitrogen and oxygen atoms in total. The fraction of sp³-hybridized carbons (Fsp3) is 0.231. The van der Waals surface area contributed by atoms with Crippen molar-refractivity contribution in [3.05, 3.63) is 35.0 Å². The lowest BCUT2D eigenvalue weighted by Crippen LogP contribution is -2.31. The van der Waals surface area contributed by atoms with E-state index in [-0.39, 0.29) is 6.79 Å². The van der Waals surface area contributed by atoms with Crippen LogP contribution in [0.4, 0.5) is 5.95 Å². The number of carbonyl (C=O) groups is 1. The zero-order valence-corrected chi connectivity index (χ0v) is 11.6. The molecule has 1 aromatic carbocycles. The number of allylic oxidation sites excluding steroid dienone is 1. The molecular formula is C13H12N6O3. The molecule has 3 N–H and O–H groups in total. The Balaban J connectivity index is 1.89. The van der Waals surface area contributed by atoms with Gasteiger partial charge in [-0.2, -0.15) is 4.68 Å². The van der Waals surface area contributed by atoms with Crippen molar-refractivity contribution in [2.75, 3.05) is 12.1 Å². The summed E-state index contributed by atoms with van der Waals surface area (Å²) in [6, 6.07) is 4.92. The number of nitrogens with zero attached hydrogens (tertiary/aromatic N) is 4. The number of anilines is 1. The van der Waals surface area contributed by atoms with E-state index >= 15 is 0 Å². The molecule has 1 aromatic heterocycles. The van der Waals surface area contributed by atoms with Crippen LogP contribution < -0.4 is 20.5 Å². The van der Waals surface area contributed by atoms with Crippen LogP contribution >= 0.6 is 0 Å². The normalized spacial score (nSPS) is 18.9. The van der Waals surface area contributed by atoms with Gasteiger partial charge in [0, 0.05) is 5.70 Å². The predicted octanol–water partition coefficient (Wildman–Crippen LogP) is 0.176. The molecule has 112 valence electrons. The first-order valence-corrected chi connectivity index (χ1v) is 6.60. The number of hydrogen-bond donors (Lipinski definition) is 2. The maximum absolute atomic E-state index is 11.9. The van der Waals surface area contributed by atoms with Crippen LogP contribution in [0.3, 0.4) is 0 Å². The summed E-state index contributed by atoms with van der Waals surface area (Å²) >= 11 is 0. The number of primary amides is 1. The Hall–Kier alpha value is -3.10. The molecule has 1 amide bonds. The lowest BCUT2D eigenvalue weighted by atomic mass is 9.95. The molecule has 0 aliphatic carbocycles. The number of benzene rings is 1. The molecule has 1 atom stereocenters.